The van der Waals surface area contributed by atoms with Crippen LogP contribution in [0.3, 0.4) is 0 Å². The minimum atomic E-state index is -4.48. The molecule has 1 aromatic carbocycles. The summed E-state index contributed by atoms with van der Waals surface area (Å²) in [6.07, 6.45) is -3.14. The molecule has 0 aliphatic rings. The first-order valence-corrected chi connectivity index (χ1v) is 9.32. The maximum atomic E-state index is 12.9. The van der Waals surface area contributed by atoms with Gasteiger partial charge in [-0.15, -0.1) is 11.3 Å². The highest BCUT2D eigenvalue weighted by Crippen LogP contribution is 2.31. The molecule has 2 aromatic heterocycles. The molecule has 6 nitrogen and oxygen atoms in total. The van der Waals surface area contributed by atoms with Crippen LogP contribution in [-0.4, -0.2) is 21.8 Å². The first-order valence-electron chi connectivity index (χ1n) is 8.37. The lowest BCUT2D eigenvalue weighted by atomic mass is 9.98. The Hall–Kier alpha value is -3.27. The molecule has 0 bridgehead atoms. The van der Waals surface area contributed by atoms with E-state index < -0.39 is 29.5 Å². The Morgan fingerprint density at radius 2 is 1.90 bits per heavy atom. The number of nitrogens with one attached hydrogen (secondary N) is 2. The standard InChI is InChI=1S/C19H15F3N4O2S/c1-11(12-3-2-4-13(7-12)19(20,21)22)17(27)25-14-5-6-16(23-8-14)26-18(28)15-9-29-10-24-15/h2-11H,1H3,(H,25,27)(H,23,26,28). The molecule has 29 heavy (non-hydrogen) atoms. The van der Waals surface area contributed by atoms with Gasteiger partial charge in [-0.1, -0.05) is 18.2 Å². The number of amides is 2. The molecule has 0 radical (unpaired) electrons. The minimum absolute atomic E-state index is 0.248. The number of halogens is 3. The molecule has 0 saturated heterocycles. The number of pyridine rings is 1. The molecule has 0 aliphatic carbocycles. The fourth-order valence-corrected chi connectivity index (χ4v) is 2.97. The fraction of sp³-hybridized carbons (Fsp3) is 0.158. The summed E-state index contributed by atoms with van der Waals surface area (Å²) >= 11 is 1.29. The second-order valence-corrected chi connectivity index (χ2v) is 6.81. The number of carbonyl (C=O) groups is 2. The van der Waals surface area contributed by atoms with Gasteiger partial charge in [0.05, 0.1) is 28.9 Å². The van der Waals surface area contributed by atoms with E-state index in [9.17, 15) is 22.8 Å². The van der Waals surface area contributed by atoms with Crippen molar-refractivity contribution in [1.82, 2.24) is 9.97 Å². The maximum absolute atomic E-state index is 12.9. The van der Waals surface area contributed by atoms with Crippen LogP contribution in [0.2, 0.25) is 0 Å². The average molecular weight is 420 g/mol. The number of thiazole rings is 1. The number of benzene rings is 1. The smallest absolute Gasteiger partial charge is 0.324 e. The number of carbonyl (C=O) groups excluding carboxylic acids is 2. The SMILES string of the molecule is CC(C(=O)Nc1ccc(NC(=O)c2cscn2)nc1)c1cccc(C(F)(F)F)c1. The van der Waals surface area contributed by atoms with Gasteiger partial charge < -0.3 is 10.6 Å². The van der Waals surface area contributed by atoms with Crippen LogP contribution < -0.4 is 10.6 Å². The van der Waals surface area contributed by atoms with Gasteiger partial charge in [0.1, 0.15) is 11.5 Å². The lowest BCUT2D eigenvalue weighted by Crippen LogP contribution is -2.19. The summed E-state index contributed by atoms with van der Waals surface area (Å²) in [6.45, 7) is 1.51. The molecular weight excluding hydrogens is 405 g/mol. The van der Waals surface area contributed by atoms with Crippen molar-refractivity contribution >= 4 is 34.7 Å². The van der Waals surface area contributed by atoms with Crippen molar-refractivity contribution in [3.63, 3.8) is 0 Å². The second-order valence-electron chi connectivity index (χ2n) is 6.09. The maximum Gasteiger partial charge on any atom is 0.416 e. The lowest BCUT2D eigenvalue weighted by Gasteiger charge is -2.15. The monoisotopic (exact) mass is 420 g/mol. The van der Waals surface area contributed by atoms with Crippen LogP contribution in [0.1, 0.15) is 34.5 Å². The van der Waals surface area contributed by atoms with Crippen LogP contribution in [0.15, 0.2) is 53.5 Å². The van der Waals surface area contributed by atoms with Crippen LogP contribution in [0.5, 0.6) is 0 Å². The van der Waals surface area contributed by atoms with Gasteiger partial charge >= 0.3 is 6.18 Å². The molecule has 0 aliphatic heterocycles. The summed E-state index contributed by atoms with van der Waals surface area (Å²) in [5.74, 6) is -1.42. The molecule has 0 fully saturated rings. The summed E-state index contributed by atoms with van der Waals surface area (Å²) in [5, 5.41) is 6.77. The Morgan fingerprint density at radius 3 is 2.52 bits per heavy atom. The predicted molar refractivity (Wildman–Crippen MR) is 103 cm³/mol. The molecule has 150 valence electrons. The third-order valence-electron chi connectivity index (χ3n) is 4.04. The molecule has 10 heteroatoms. The van der Waals surface area contributed by atoms with E-state index in [1.54, 1.807) is 5.38 Å². The molecule has 2 N–H and O–H groups in total. The molecule has 0 saturated carbocycles. The zero-order chi connectivity index (χ0) is 21.0. The van der Waals surface area contributed by atoms with Gasteiger partial charge in [0, 0.05) is 5.38 Å². The van der Waals surface area contributed by atoms with E-state index in [-0.39, 0.29) is 17.1 Å². The van der Waals surface area contributed by atoms with E-state index in [1.807, 2.05) is 0 Å². The van der Waals surface area contributed by atoms with Gasteiger partial charge in [-0.3, -0.25) is 9.59 Å². The molecule has 0 spiro atoms. The molecule has 3 aromatic rings. The van der Waals surface area contributed by atoms with E-state index >= 15 is 0 Å². The van der Waals surface area contributed by atoms with E-state index in [4.69, 9.17) is 0 Å². The highest BCUT2D eigenvalue weighted by molar-refractivity contribution is 7.07. The number of anilines is 2. The molecule has 1 atom stereocenters. The average Bonchev–Trinajstić information content (AvgIpc) is 3.23. The first-order chi connectivity index (χ1) is 13.7. The van der Waals surface area contributed by atoms with Crippen LogP contribution in [-0.2, 0) is 11.0 Å². The van der Waals surface area contributed by atoms with Gasteiger partial charge in [-0.2, -0.15) is 13.2 Å². The number of nitrogens with zero attached hydrogens (tertiary/aromatic N) is 2. The van der Waals surface area contributed by atoms with Crippen molar-refractivity contribution in [2.75, 3.05) is 10.6 Å². The zero-order valence-corrected chi connectivity index (χ0v) is 15.8. The Labute approximate surface area is 167 Å². The van der Waals surface area contributed by atoms with Gasteiger partial charge in [-0.05, 0) is 30.7 Å². The third-order valence-corrected chi connectivity index (χ3v) is 4.63. The Bertz CT molecular complexity index is 1010. The molecule has 1 unspecified atom stereocenters. The van der Waals surface area contributed by atoms with Crippen LogP contribution in [0.25, 0.3) is 0 Å². The molecule has 2 heterocycles. The molecule has 3 rings (SSSR count). The summed E-state index contributed by atoms with van der Waals surface area (Å²) in [7, 11) is 0. The predicted octanol–water partition coefficient (Wildman–Crippen LogP) is 4.55. The molecular formula is C19H15F3N4O2S. The Balaban J connectivity index is 1.64. The molecule has 2 amide bonds. The van der Waals surface area contributed by atoms with Crippen LogP contribution in [0, 0.1) is 0 Å². The van der Waals surface area contributed by atoms with Crippen LogP contribution >= 0.6 is 11.3 Å². The summed E-state index contributed by atoms with van der Waals surface area (Å²) in [5.41, 5.74) is 1.59. The number of alkyl halides is 3. The number of rotatable bonds is 5. The number of aromatic nitrogens is 2. The minimum Gasteiger partial charge on any atom is -0.324 e. The van der Waals surface area contributed by atoms with Crippen molar-refractivity contribution < 1.29 is 22.8 Å². The van der Waals surface area contributed by atoms with E-state index in [1.165, 1.54) is 54.2 Å². The summed E-state index contributed by atoms with van der Waals surface area (Å²) in [4.78, 5) is 32.3. The van der Waals surface area contributed by atoms with Crippen molar-refractivity contribution in [2.45, 2.75) is 19.0 Å². The first kappa shape index (κ1) is 20.5. The largest absolute Gasteiger partial charge is 0.416 e. The summed E-state index contributed by atoms with van der Waals surface area (Å²) < 4.78 is 38.6. The van der Waals surface area contributed by atoms with Crippen molar-refractivity contribution in [2.24, 2.45) is 0 Å². The number of hydrogen-bond acceptors (Lipinski definition) is 5. The summed E-state index contributed by atoms with van der Waals surface area (Å²) in [6, 6.07) is 7.67. The van der Waals surface area contributed by atoms with Crippen molar-refractivity contribution in [3.05, 3.63) is 70.3 Å². The van der Waals surface area contributed by atoms with Crippen molar-refractivity contribution in [3.8, 4) is 0 Å². The number of hydrogen-bond donors (Lipinski definition) is 2. The van der Waals surface area contributed by atoms with E-state index in [2.05, 4.69) is 20.6 Å². The van der Waals surface area contributed by atoms with E-state index in [0.29, 0.717) is 5.69 Å². The Morgan fingerprint density at radius 1 is 1.10 bits per heavy atom. The van der Waals surface area contributed by atoms with Crippen molar-refractivity contribution in [1.29, 1.82) is 0 Å². The van der Waals surface area contributed by atoms with Crippen LogP contribution in [0.4, 0.5) is 24.7 Å². The Kier molecular flexibility index (Phi) is 5.92. The highest BCUT2D eigenvalue weighted by Gasteiger charge is 2.31. The van der Waals surface area contributed by atoms with Gasteiger partial charge in [0.25, 0.3) is 5.91 Å². The normalized spacial score (nSPS) is 12.3. The quantitative estimate of drug-likeness (QED) is 0.634. The van der Waals surface area contributed by atoms with Gasteiger partial charge in [0.2, 0.25) is 5.91 Å². The highest BCUT2D eigenvalue weighted by atomic mass is 32.1. The van der Waals surface area contributed by atoms with Gasteiger partial charge in [-0.25, -0.2) is 9.97 Å². The second kappa shape index (κ2) is 8.39. The topological polar surface area (TPSA) is 84.0 Å². The third kappa shape index (κ3) is 5.17. The zero-order valence-electron chi connectivity index (χ0n) is 15.0. The lowest BCUT2D eigenvalue weighted by molar-refractivity contribution is -0.137. The van der Waals surface area contributed by atoms with Gasteiger partial charge in [0.15, 0.2) is 0 Å². The van der Waals surface area contributed by atoms with E-state index in [0.717, 1.165) is 12.1 Å². The fourth-order valence-electron chi connectivity index (χ4n) is 2.43.